The summed E-state index contributed by atoms with van der Waals surface area (Å²) in [4.78, 5) is 14.2. The number of aromatic nitrogens is 1. The molecular weight excluding hydrogens is 358 g/mol. The SMILES string of the molecule is CC(C)C[C@H](N)C(=O)N(CC#N)c1nscc1-c1ccc(C(C)(C)N)cc1. The zero-order chi connectivity index (χ0) is 20.2. The standard InChI is InChI=1S/C20H27N5OS/c1-13(2)11-17(22)19(26)25(10-9-21)18-16(12-27-24-18)14-5-7-15(8-6-14)20(3,4)23/h5-8,12-13,17H,10-11,22-23H2,1-4H3/t17-/m0/s1. The fourth-order valence-corrected chi connectivity index (χ4v) is 3.54. The van der Waals surface area contributed by atoms with Crippen molar-refractivity contribution in [2.75, 3.05) is 11.4 Å². The van der Waals surface area contributed by atoms with Crippen LogP contribution in [0.5, 0.6) is 0 Å². The second-order valence-corrected chi connectivity index (χ2v) is 8.30. The van der Waals surface area contributed by atoms with Gasteiger partial charge in [0.1, 0.15) is 6.54 Å². The topological polar surface area (TPSA) is 109 Å². The van der Waals surface area contributed by atoms with Gasteiger partial charge in [-0.05, 0) is 48.8 Å². The van der Waals surface area contributed by atoms with E-state index in [-0.39, 0.29) is 18.4 Å². The van der Waals surface area contributed by atoms with E-state index >= 15 is 0 Å². The summed E-state index contributed by atoms with van der Waals surface area (Å²) in [6.07, 6.45) is 0.556. The molecule has 6 nitrogen and oxygen atoms in total. The molecule has 0 aliphatic heterocycles. The molecule has 1 heterocycles. The predicted octanol–water partition coefficient (Wildman–Crippen LogP) is 3.23. The van der Waals surface area contributed by atoms with Gasteiger partial charge in [0.05, 0.1) is 12.1 Å². The van der Waals surface area contributed by atoms with Gasteiger partial charge in [-0.25, -0.2) is 0 Å². The van der Waals surface area contributed by atoms with Crippen molar-refractivity contribution in [2.24, 2.45) is 17.4 Å². The molecule has 0 spiro atoms. The van der Waals surface area contributed by atoms with Crippen molar-refractivity contribution < 1.29 is 4.79 Å². The molecule has 7 heteroatoms. The summed E-state index contributed by atoms with van der Waals surface area (Å²) in [5, 5.41) is 11.1. The molecule has 4 N–H and O–H groups in total. The van der Waals surface area contributed by atoms with E-state index in [0.29, 0.717) is 12.2 Å². The van der Waals surface area contributed by atoms with Gasteiger partial charge in [0.2, 0.25) is 5.91 Å². The highest BCUT2D eigenvalue weighted by Gasteiger charge is 2.27. The molecule has 0 aliphatic carbocycles. The summed E-state index contributed by atoms with van der Waals surface area (Å²) in [5.74, 6) is 0.484. The number of hydrogen-bond acceptors (Lipinski definition) is 6. The largest absolute Gasteiger partial charge is 0.322 e. The smallest absolute Gasteiger partial charge is 0.246 e. The Morgan fingerprint density at radius 1 is 1.33 bits per heavy atom. The van der Waals surface area contributed by atoms with Crippen molar-refractivity contribution in [1.29, 1.82) is 5.26 Å². The zero-order valence-corrected chi connectivity index (χ0v) is 17.1. The predicted molar refractivity (Wildman–Crippen MR) is 110 cm³/mol. The summed E-state index contributed by atoms with van der Waals surface area (Å²) in [6.45, 7) is 7.83. The van der Waals surface area contributed by atoms with Crippen molar-refractivity contribution in [1.82, 2.24) is 4.37 Å². The first-order chi connectivity index (χ1) is 12.6. The van der Waals surface area contributed by atoms with Gasteiger partial charge in [-0.2, -0.15) is 9.64 Å². The first-order valence-electron chi connectivity index (χ1n) is 8.93. The van der Waals surface area contributed by atoms with E-state index in [4.69, 9.17) is 11.5 Å². The lowest BCUT2D eigenvalue weighted by Crippen LogP contribution is -2.45. The fraction of sp³-hybridized carbons (Fsp3) is 0.450. The first-order valence-corrected chi connectivity index (χ1v) is 9.77. The summed E-state index contributed by atoms with van der Waals surface area (Å²) in [5.41, 5.74) is 14.5. The van der Waals surface area contributed by atoms with Crippen LogP contribution in [0.2, 0.25) is 0 Å². The molecule has 0 aliphatic rings. The first kappa shape index (κ1) is 21.0. The Labute approximate surface area is 164 Å². The number of benzene rings is 1. The summed E-state index contributed by atoms with van der Waals surface area (Å²) >= 11 is 1.25. The van der Waals surface area contributed by atoms with Gasteiger partial charge < -0.3 is 11.5 Å². The number of nitriles is 1. The van der Waals surface area contributed by atoms with Crippen LogP contribution in [0, 0.1) is 17.2 Å². The average Bonchev–Trinajstić information content (AvgIpc) is 3.07. The van der Waals surface area contributed by atoms with Crippen molar-refractivity contribution in [3.05, 3.63) is 35.2 Å². The Kier molecular flexibility index (Phi) is 6.71. The summed E-state index contributed by atoms with van der Waals surface area (Å²) < 4.78 is 4.38. The van der Waals surface area contributed by atoms with E-state index in [0.717, 1.165) is 16.7 Å². The van der Waals surface area contributed by atoms with Crippen molar-refractivity contribution >= 4 is 23.3 Å². The van der Waals surface area contributed by atoms with Crippen LogP contribution in [0.3, 0.4) is 0 Å². The molecule has 1 aromatic heterocycles. The molecule has 0 unspecified atom stereocenters. The minimum absolute atomic E-state index is 0.0880. The molecule has 144 valence electrons. The third kappa shape index (κ3) is 5.13. The number of nitrogens with two attached hydrogens (primary N) is 2. The van der Waals surface area contributed by atoms with E-state index in [2.05, 4.69) is 10.4 Å². The second-order valence-electron chi connectivity index (χ2n) is 7.67. The van der Waals surface area contributed by atoms with Gasteiger partial charge in [0, 0.05) is 16.5 Å². The van der Waals surface area contributed by atoms with Crippen LogP contribution in [0.4, 0.5) is 5.82 Å². The molecule has 1 amide bonds. The maximum atomic E-state index is 12.8. The van der Waals surface area contributed by atoms with Crippen molar-refractivity contribution in [3.63, 3.8) is 0 Å². The molecule has 1 atom stereocenters. The number of amides is 1. The van der Waals surface area contributed by atoms with Gasteiger partial charge in [-0.15, -0.1) is 0 Å². The lowest BCUT2D eigenvalue weighted by atomic mass is 9.94. The quantitative estimate of drug-likeness (QED) is 0.711. The molecule has 27 heavy (non-hydrogen) atoms. The highest BCUT2D eigenvalue weighted by molar-refractivity contribution is 7.04. The Bertz CT molecular complexity index is 814. The Balaban J connectivity index is 2.37. The van der Waals surface area contributed by atoms with Crippen molar-refractivity contribution in [2.45, 2.75) is 45.7 Å². The van der Waals surface area contributed by atoms with Gasteiger partial charge >= 0.3 is 0 Å². The van der Waals surface area contributed by atoms with Crippen LogP contribution in [-0.2, 0) is 10.3 Å². The zero-order valence-electron chi connectivity index (χ0n) is 16.3. The molecule has 0 bridgehead atoms. The maximum Gasteiger partial charge on any atom is 0.246 e. The molecule has 0 radical (unpaired) electrons. The van der Waals surface area contributed by atoms with Gasteiger partial charge in [-0.3, -0.25) is 9.69 Å². The molecule has 2 rings (SSSR count). The number of carbonyl (C=O) groups is 1. The third-order valence-electron chi connectivity index (χ3n) is 4.28. The highest BCUT2D eigenvalue weighted by atomic mass is 32.1. The number of nitrogens with zero attached hydrogens (tertiary/aromatic N) is 3. The fourth-order valence-electron chi connectivity index (χ4n) is 2.84. The number of carbonyl (C=O) groups excluding carboxylic acids is 1. The van der Waals surface area contributed by atoms with Gasteiger partial charge in [-0.1, -0.05) is 38.1 Å². The normalized spacial score (nSPS) is 12.7. The molecular formula is C20H27N5OS. The summed E-state index contributed by atoms with van der Waals surface area (Å²) in [7, 11) is 0. The van der Waals surface area contributed by atoms with E-state index in [1.807, 2.05) is 57.3 Å². The average molecular weight is 386 g/mol. The summed E-state index contributed by atoms with van der Waals surface area (Å²) in [6, 6.07) is 9.25. The highest BCUT2D eigenvalue weighted by Crippen LogP contribution is 2.33. The van der Waals surface area contributed by atoms with E-state index < -0.39 is 11.6 Å². The van der Waals surface area contributed by atoms with Gasteiger partial charge in [0.15, 0.2) is 5.82 Å². The molecule has 0 saturated heterocycles. The Hall–Kier alpha value is -2.27. The van der Waals surface area contributed by atoms with Crippen LogP contribution < -0.4 is 16.4 Å². The van der Waals surface area contributed by atoms with E-state index in [1.165, 1.54) is 16.4 Å². The monoisotopic (exact) mass is 385 g/mol. The number of hydrogen-bond donors (Lipinski definition) is 2. The molecule has 0 saturated carbocycles. The van der Waals surface area contributed by atoms with Crippen LogP contribution in [0.25, 0.3) is 11.1 Å². The van der Waals surface area contributed by atoms with Crippen LogP contribution >= 0.6 is 11.5 Å². The number of anilines is 1. The van der Waals surface area contributed by atoms with Crippen molar-refractivity contribution in [3.8, 4) is 17.2 Å². The van der Waals surface area contributed by atoms with Gasteiger partial charge in [0.25, 0.3) is 0 Å². The van der Waals surface area contributed by atoms with Crippen LogP contribution in [0.1, 0.15) is 39.7 Å². The molecule has 1 aromatic carbocycles. The van der Waals surface area contributed by atoms with Crippen LogP contribution in [-0.4, -0.2) is 22.9 Å². The van der Waals surface area contributed by atoms with Crippen LogP contribution in [0.15, 0.2) is 29.6 Å². The molecule has 0 fully saturated rings. The third-order valence-corrected chi connectivity index (χ3v) is 4.90. The second kappa shape index (κ2) is 8.61. The minimum atomic E-state index is -0.659. The van der Waals surface area contributed by atoms with E-state index in [9.17, 15) is 10.1 Å². The number of rotatable bonds is 7. The Morgan fingerprint density at radius 3 is 2.48 bits per heavy atom. The lowest BCUT2D eigenvalue weighted by molar-refractivity contribution is -0.120. The lowest BCUT2D eigenvalue weighted by Gasteiger charge is -2.23. The maximum absolute atomic E-state index is 12.8. The minimum Gasteiger partial charge on any atom is -0.322 e. The van der Waals surface area contributed by atoms with E-state index in [1.54, 1.807) is 0 Å². The Morgan fingerprint density at radius 2 is 1.96 bits per heavy atom. The molecule has 2 aromatic rings.